The molecule has 1 aliphatic rings. The summed E-state index contributed by atoms with van der Waals surface area (Å²) in [6.07, 6.45) is -0.531. The summed E-state index contributed by atoms with van der Waals surface area (Å²) in [6, 6.07) is 7.08. The molecule has 1 aliphatic heterocycles. The molecule has 1 heterocycles. The van der Waals surface area contributed by atoms with Gasteiger partial charge < -0.3 is 0 Å². The quantitative estimate of drug-likeness (QED) is 0.687. The second-order valence-electron chi connectivity index (χ2n) is 3.04. The minimum absolute atomic E-state index is 0.131. The van der Waals surface area contributed by atoms with E-state index in [9.17, 15) is 10.0 Å². The lowest BCUT2D eigenvalue weighted by Crippen LogP contribution is -2.26. The Balaban J connectivity index is 2.32. The van der Waals surface area contributed by atoms with Gasteiger partial charge in [0.15, 0.2) is 0 Å². The van der Waals surface area contributed by atoms with E-state index >= 15 is 0 Å². The summed E-state index contributed by atoms with van der Waals surface area (Å²) in [5.41, 5.74) is 0.697. The topological polar surface area (TPSA) is 52.6 Å². The Kier molecular flexibility index (Phi) is 2.41. The number of carbonyl (C=O) groups excluding carboxylic acids is 1. The molecular formula is C9H9ClN2O2. The van der Waals surface area contributed by atoms with E-state index in [1.807, 2.05) is 0 Å². The molecule has 0 radical (unpaired) electrons. The Morgan fingerprint density at radius 1 is 1.50 bits per heavy atom. The van der Waals surface area contributed by atoms with Crippen molar-refractivity contribution in [1.82, 2.24) is 10.4 Å². The van der Waals surface area contributed by atoms with E-state index in [1.54, 1.807) is 24.3 Å². The van der Waals surface area contributed by atoms with Crippen LogP contribution in [-0.2, 0) is 4.79 Å². The van der Waals surface area contributed by atoms with E-state index in [1.165, 1.54) is 0 Å². The molecule has 0 bridgehead atoms. The molecule has 0 aromatic heterocycles. The van der Waals surface area contributed by atoms with Crippen molar-refractivity contribution >= 4 is 17.5 Å². The van der Waals surface area contributed by atoms with Gasteiger partial charge in [-0.3, -0.25) is 15.3 Å². The molecule has 0 spiro atoms. The van der Waals surface area contributed by atoms with Gasteiger partial charge >= 0.3 is 0 Å². The number of benzene rings is 1. The number of nitrogens with zero attached hydrogens (tertiary/aromatic N) is 1. The first kappa shape index (κ1) is 9.45. The maximum Gasteiger partial charge on any atom is 0.261 e. The van der Waals surface area contributed by atoms with Crippen molar-refractivity contribution in [2.45, 2.75) is 6.17 Å². The first-order valence-corrected chi connectivity index (χ1v) is 4.56. The van der Waals surface area contributed by atoms with Gasteiger partial charge in [-0.05, 0) is 6.07 Å². The minimum atomic E-state index is -0.531. The molecule has 1 saturated heterocycles. The molecule has 0 unspecified atom stereocenters. The number of hydrogen-bond donors (Lipinski definition) is 2. The molecule has 14 heavy (non-hydrogen) atoms. The second-order valence-corrected chi connectivity index (χ2v) is 3.45. The summed E-state index contributed by atoms with van der Waals surface area (Å²) in [4.78, 5) is 11.0. The number of hydroxylamine groups is 2. The van der Waals surface area contributed by atoms with Gasteiger partial charge in [0.1, 0.15) is 6.17 Å². The number of amides is 1. The van der Waals surface area contributed by atoms with Crippen molar-refractivity contribution in [3.8, 4) is 0 Å². The number of nitrogens with one attached hydrogen (secondary N) is 1. The van der Waals surface area contributed by atoms with Crippen LogP contribution in [-0.4, -0.2) is 22.7 Å². The molecule has 5 heteroatoms. The van der Waals surface area contributed by atoms with Gasteiger partial charge in [-0.1, -0.05) is 29.8 Å². The Morgan fingerprint density at radius 2 is 2.21 bits per heavy atom. The van der Waals surface area contributed by atoms with Crippen LogP contribution in [0.15, 0.2) is 24.3 Å². The van der Waals surface area contributed by atoms with Gasteiger partial charge in [0.05, 0.1) is 6.54 Å². The van der Waals surface area contributed by atoms with Crippen LogP contribution in [0.3, 0.4) is 0 Å². The van der Waals surface area contributed by atoms with E-state index in [0.29, 0.717) is 15.6 Å². The van der Waals surface area contributed by atoms with E-state index in [0.717, 1.165) is 0 Å². The normalized spacial score (nSPS) is 21.7. The zero-order chi connectivity index (χ0) is 10.1. The standard InChI is InChI=1S/C9H9ClN2O2/c10-7-4-2-1-3-6(7)9-11-5-8(13)12(9)14/h1-4,9,11,14H,5H2/t9-/m1/s1. The van der Waals surface area contributed by atoms with E-state index in [-0.39, 0.29) is 12.5 Å². The zero-order valence-corrected chi connectivity index (χ0v) is 8.03. The third kappa shape index (κ3) is 1.48. The highest BCUT2D eigenvalue weighted by atomic mass is 35.5. The fourth-order valence-corrected chi connectivity index (χ4v) is 1.67. The summed E-state index contributed by atoms with van der Waals surface area (Å²) in [6.45, 7) is 0.131. The van der Waals surface area contributed by atoms with Crippen LogP contribution in [0.1, 0.15) is 11.7 Å². The van der Waals surface area contributed by atoms with Gasteiger partial charge in [-0.25, -0.2) is 5.06 Å². The monoisotopic (exact) mass is 212 g/mol. The van der Waals surface area contributed by atoms with Gasteiger partial charge in [0, 0.05) is 10.6 Å². The third-order valence-electron chi connectivity index (χ3n) is 2.15. The number of halogens is 1. The Bertz CT molecular complexity index is 370. The van der Waals surface area contributed by atoms with Gasteiger partial charge in [0.2, 0.25) is 0 Å². The Morgan fingerprint density at radius 3 is 2.79 bits per heavy atom. The first-order chi connectivity index (χ1) is 6.70. The number of carbonyl (C=O) groups is 1. The summed E-state index contributed by atoms with van der Waals surface area (Å²) in [5, 5.41) is 13.4. The van der Waals surface area contributed by atoms with Crippen LogP contribution in [0.4, 0.5) is 0 Å². The van der Waals surface area contributed by atoms with E-state index < -0.39 is 6.17 Å². The van der Waals surface area contributed by atoms with Crippen LogP contribution >= 0.6 is 11.6 Å². The lowest BCUT2D eigenvalue weighted by atomic mass is 10.2. The molecule has 74 valence electrons. The molecule has 2 rings (SSSR count). The van der Waals surface area contributed by atoms with Crippen LogP contribution in [0, 0.1) is 0 Å². The van der Waals surface area contributed by atoms with Crippen molar-refractivity contribution < 1.29 is 10.0 Å². The molecule has 1 aromatic carbocycles. The summed E-state index contributed by atoms with van der Waals surface area (Å²) >= 11 is 5.93. The summed E-state index contributed by atoms with van der Waals surface area (Å²) in [5.74, 6) is -0.352. The van der Waals surface area contributed by atoms with Crippen molar-refractivity contribution in [3.63, 3.8) is 0 Å². The van der Waals surface area contributed by atoms with Crippen molar-refractivity contribution in [2.75, 3.05) is 6.54 Å². The molecule has 0 saturated carbocycles. The smallest absolute Gasteiger partial charge is 0.261 e. The maximum absolute atomic E-state index is 11.0. The number of hydrogen-bond acceptors (Lipinski definition) is 3. The first-order valence-electron chi connectivity index (χ1n) is 4.19. The maximum atomic E-state index is 11.0. The lowest BCUT2D eigenvalue weighted by Gasteiger charge is -2.18. The molecule has 1 fully saturated rings. The third-order valence-corrected chi connectivity index (χ3v) is 2.49. The van der Waals surface area contributed by atoms with E-state index in [4.69, 9.17) is 11.6 Å². The van der Waals surface area contributed by atoms with Gasteiger partial charge in [-0.2, -0.15) is 0 Å². The molecular weight excluding hydrogens is 204 g/mol. The SMILES string of the molecule is O=C1CN[C@@H](c2ccccc2Cl)N1O. The van der Waals surface area contributed by atoms with Gasteiger partial charge in [0.25, 0.3) is 5.91 Å². The highest BCUT2D eigenvalue weighted by molar-refractivity contribution is 6.31. The Hall–Kier alpha value is -1.10. The average molecular weight is 213 g/mol. The molecule has 1 amide bonds. The fourth-order valence-electron chi connectivity index (χ4n) is 1.43. The Labute approximate surface area is 86.0 Å². The summed E-state index contributed by atoms with van der Waals surface area (Å²) < 4.78 is 0. The van der Waals surface area contributed by atoms with Crippen LogP contribution in [0.25, 0.3) is 0 Å². The van der Waals surface area contributed by atoms with Crippen molar-refractivity contribution in [1.29, 1.82) is 0 Å². The fraction of sp³-hybridized carbons (Fsp3) is 0.222. The van der Waals surface area contributed by atoms with Crippen molar-refractivity contribution in [3.05, 3.63) is 34.9 Å². The lowest BCUT2D eigenvalue weighted by molar-refractivity contribution is -0.165. The summed E-state index contributed by atoms with van der Waals surface area (Å²) in [7, 11) is 0. The minimum Gasteiger partial charge on any atom is -0.284 e. The molecule has 0 aliphatic carbocycles. The van der Waals surface area contributed by atoms with E-state index in [2.05, 4.69) is 5.32 Å². The molecule has 1 atom stereocenters. The zero-order valence-electron chi connectivity index (χ0n) is 7.27. The van der Waals surface area contributed by atoms with Gasteiger partial charge in [-0.15, -0.1) is 0 Å². The second kappa shape index (κ2) is 3.57. The van der Waals surface area contributed by atoms with Crippen LogP contribution in [0.2, 0.25) is 5.02 Å². The van der Waals surface area contributed by atoms with Crippen LogP contribution < -0.4 is 5.32 Å². The predicted octanol–water partition coefficient (Wildman–Crippen LogP) is 1.16. The van der Waals surface area contributed by atoms with Crippen molar-refractivity contribution in [2.24, 2.45) is 0 Å². The average Bonchev–Trinajstić information content (AvgIpc) is 2.49. The predicted molar refractivity (Wildman–Crippen MR) is 50.8 cm³/mol. The molecule has 2 N–H and O–H groups in total. The highest BCUT2D eigenvalue weighted by Crippen LogP contribution is 2.26. The highest BCUT2D eigenvalue weighted by Gasteiger charge is 2.31. The molecule has 4 nitrogen and oxygen atoms in total. The number of rotatable bonds is 1. The molecule has 1 aromatic rings. The van der Waals surface area contributed by atoms with Crippen LogP contribution in [0.5, 0.6) is 0 Å². The largest absolute Gasteiger partial charge is 0.284 e.